The third-order valence-corrected chi connectivity index (χ3v) is 3.38. The number of methoxy groups -OCH3 is 1. The highest BCUT2D eigenvalue weighted by Gasteiger charge is 2.31. The number of halogens is 3. The monoisotopic (exact) mass is 333 g/mol. The van der Waals surface area contributed by atoms with Crippen LogP contribution in [0.15, 0.2) is 24.3 Å². The van der Waals surface area contributed by atoms with Crippen LogP contribution >= 0.6 is 11.5 Å². The van der Waals surface area contributed by atoms with Crippen molar-refractivity contribution in [2.45, 2.75) is 25.9 Å². The maximum Gasteiger partial charge on any atom is 0.573 e. The lowest BCUT2D eigenvalue weighted by Gasteiger charge is -2.14. The molecule has 0 bridgehead atoms. The van der Waals surface area contributed by atoms with Gasteiger partial charge in [0.25, 0.3) is 0 Å². The van der Waals surface area contributed by atoms with Gasteiger partial charge in [0.2, 0.25) is 5.13 Å². The summed E-state index contributed by atoms with van der Waals surface area (Å²) in [5, 5.41) is 3.75. The number of nitrogens with one attached hydrogen (secondary N) is 1. The summed E-state index contributed by atoms with van der Waals surface area (Å²) in [4.78, 5) is 4.23. The van der Waals surface area contributed by atoms with Crippen molar-refractivity contribution in [3.05, 3.63) is 35.7 Å². The molecule has 1 aromatic heterocycles. The van der Waals surface area contributed by atoms with Gasteiger partial charge in [-0.15, -0.1) is 13.2 Å². The second-order valence-corrected chi connectivity index (χ2v) is 5.18. The lowest BCUT2D eigenvalue weighted by atomic mass is 10.1. The molecule has 1 heterocycles. The van der Waals surface area contributed by atoms with Crippen molar-refractivity contribution in [1.82, 2.24) is 9.36 Å². The summed E-state index contributed by atoms with van der Waals surface area (Å²) in [5.74, 6) is 0.331. The van der Waals surface area contributed by atoms with Gasteiger partial charge in [-0.2, -0.15) is 4.37 Å². The maximum absolute atomic E-state index is 12.1. The number of nitrogens with zero attached hydrogens (tertiary/aromatic N) is 2. The van der Waals surface area contributed by atoms with E-state index in [1.807, 2.05) is 6.92 Å². The molecule has 0 fully saturated rings. The number of rotatable bonds is 6. The fourth-order valence-corrected chi connectivity index (χ4v) is 2.39. The normalized spacial score (nSPS) is 13.0. The molecule has 2 rings (SSSR count). The SMILES string of the molecule is COCc1nsc(N[C@@H](C)c2ccc(OC(F)(F)F)cc2)n1. The van der Waals surface area contributed by atoms with Crippen molar-refractivity contribution in [3.63, 3.8) is 0 Å². The molecule has 120 valence electrons. The number of anilines is 1. The quantitative estimate of drug-likeness (QED) is 0.872. The summed E-state index contributed by atoms with van der Waals surface area (Å²) in [7, 11) is 1.56. The zero-order valence-electron chi connectivity index (χ0n) is 11.8. The zero-order valence-corrected chi connectivity index (χ0v) is 12.7. The third kappa shape index (κ3) is 4.85. The van der Waals surface area contributed by atoms with E-state index in [1.54, 1.807) is 19.2 Å². The lowest BCUT2D eigenvalue weighted by Crippen LogP contribution is -2.17. The van der Waals surface area contributed by atoms with Crippen molar-refractivity contribution in [3.8, 4) is 5.75 Å². The Morgan fingerprint density at radius 3 is 2.55 bits per heavy atom. The van der Waals surface area contributed by atoms with Crippen LogP contribution in [0.5, 0.6) is 5.75 Å². The number of hydrogen-bond acceptors (Lipinski definition) is 6. The first-order chi connectivity index (χ1) is 10.4. The van der Waals surface area contributed by atoms with Crippen LogP contribution in [-0.4, -0.2) is 22.8 Å². The van der Waals surface area contributed by atoms with Gasteiger partial charge in [0.05, 0.1) is 6.04 Å². The van der Waals surface area contributed by atoms with E-state index in [9.17, 15) is 13.2 Å². The van der Waals surface area contributed by atoms with Crippen LogP contribution in [0, 0.1) is 0 Å². The van der Waals surface area contributed by atoms with Gasteiger partial charge in [-0.05, 0) is 24.6 Å². The van der Waals surface area contributed by atoms with E-state index < -0.39 is 6.36 Å². The molecule has 0 aliphatic heterocycles. The minimum atomic E-state index is -4.68. The summed E-state index contributed by atoms with van der Waals surface area (Å²) in [5.41, 5.74) is 0.804. The summed E-state index contributed by atoms with van der Waals surface area (Å²) < 4.78 is 49.2. The van der Waals surface area contributed by atoms with E-state index in [1.165, 1.54) is 23.7 Å². The molecule has 0 aliphatic carbocycles. The van der Waals surface area contributed by atoms with E-state index in [2.05, 4.69) is 19.4 Å². The number of hydrogen-bond donors (Lipinski definition) is 1. The Morgan fingerprint density at radius 1 is 1.27 bits per heavy atom. The fraction of sp³-hybridized carbons (Fsp3) is 0.385. The molecule has 0 spiro atoms. The Labute approximate surface area is 129 Å². The van der Waals surface area contributed by atoms with Gasteiger partial charge in [-0.3, -0.25) is 0 Å². The zero-order chi connectivity index (χ0) is 16.2. The smallest absolute Gasteiger partial charge is 0.406 e. The van der Waals surface area contributed by atoms with Crippen LogP contribution in [0.4, 0.5) is 18.3 Å². The molecular weight excluding hydrogens is 319 g/mol. The van der Waals surface area contributed by atoms with Gasteiger partial charge in [0.1, 0.15) is 12.4 Å². The highest BCUT2D eigenvalue weighted by Crippen LogP contribution is 2.26. The average molecular weight is 333 g/mol. The highest BCUT2D eigenvalue weighted by atomic mass is 32.1. The molecule has 1 N–H and O–H groups in total. The second-order valence-electron chi connectivity index (χ2n) is 4.43. The first-order valence-electron chi connectivity index (χ1n) is 6.31. The van der Waals surface area contributed by atoms with Crippen LogP contribution in [0.2, 0.25) is 0 Å². The average Bonchev–Trinajstić information content (AvgIpc) is 2.85. The van der Waals surface area contributed by atoms with Crippen molar-refractivity contribution in [1.29, 1.82) is 0 Å². The molecule has 5 nitrogen and oxygen atoms in total. The Bertz CT molecular complexity index is 601. The van der Waals surface area contributed by atoms with Gasteiger partial charge in [-0.25, -0.2) is 4.98 Å². The number of alkyl halides is 3. The van der Waals surface area contributed by atoms with Crippen LogP contribution in [0.3, 0.4) is 0 Å². The van der Waals surface area contributed by atoms with Gasteiger partial charge in [0, 0.05) is 18.6 Å². The van der Waals surface area contributed by atoms with Crippen LogP contribution in [-0.2, 0) is 11.3 Å². The number of benzene rings is 1. The summed E-state index contributed by atoms with van der Waals surface area (Å²) in [6, 6.07) is 5.55. The van der Waals surface area contributed by atoms with Gasteiger partial charge < -0.3 is 14.8 Å². The van der Waals surface area contributed by atoms with E-state index in [-0.39, 0.29) is 11.8 Å². The van der Waals surface area contributed by atoms with Crippen molar-refractivity contribution < 1.29 is 22.6 Å². The fourth-order valence-electron chi connectivity index (χ4n) is 1.73. The summed E-state index contributed by atoms with van der Waals surface area (Å²) in [6.07, 6.45) is -4.68. The molecule has 0 amide bonds. The van der Waals surface area contributed by atoms with Crippen molar-refractivity contribution in [2.75, 3.05) is 12.4 Å². The van der Waals surface area contributed by atoms with Crippen molar-refractivity contribution in [2.24, 2.45) is 0 Å². The predicted molar refractivity (Wildman–Crippen MR) is 75.8 cm³/mol. The van der Waals surface area contributed by atoms with Crippen LogP contribution in [0.1, 0.15) is 24.4 Å². The number of ether oxygens (including phenoxy) is 2. The largest absolute Gasteiger partial charge is 0.573 e. The Hall–Kier alpha value is -1.87. The number of aromatic nitrogens is 2. The second kappa shape index (κ2) is 6.93. The standard InChI is InChI=1S/C13H14F3N3O2S/c1-8(17-12-18-11(7-20-2)19-22-12)9-3-5-10(6-4-9)21-13(14,15)16/h3-6,8H,7H2,1-2H3,(H,17,18,19)/t8-/m0/s1. The topological polar surface area (TPSA) is 56.3 Å². The van der Waals surface area contributed by atoms with Gasteiger partial charge in [0.15, 0.2) is 5.82 Å². The Kier molecular flexibility index (Phi) is 5.19. The van der Waals surface area contributed by atoms with E-state index in [0.29, 0.717) is 17.6 Å². The third-order valence-electron chi connectivity index (χ3n) is 2.70. The highest BCUT2D eigenvalue weighted by molar-refractivity contribution is 7.09. The first kappa shape index (κ1) is 16.5. The minimum Gasteiger partial charge on any atom is -0.406 e. The molecule has 0 aliphatic rings. The molecule has 1 atom stereocenters. The van der Waals surface area contributed by atoms with E-state index >= 15 is 0 Å². The van der Waals surface area contributed by atoms with E-state index in [4.69, 9.17) is 4.74 Å². The molecule has 1 aromatic carbocycles. The Balaban J connectivity index is 1.98. The Morgan fingerprint density at radius 2 is 1.95 bits per heavy atom. The molecule has 2 aromatic rings. The summed E-state index contributed by atoms with van der Waals surface area (Å²) in [6.45, 7) is 2.20. The van der Waals surface area contributed by atoms with Crippen molar-refractivity contribution >= 4 is 16.7 Å². The van der Waals surface area contributed by atoms with Crippen LogP contribution in [0.25, 0.3) is 0 Å². The summed E-state index contributed by atoms with van der Waals surface area (Å²) >= 11 is 1.20. The molecular formula is C13H14F3N3O2S. The molecule has 0 saturated carbocycles. The van der Waals surface area contributed by atoms with Crippen LogP contribution < -0.4 is 10.1 Å². The molecule has 0 radical (unpaired) electrons. The molecule has 9 heteroatoms. The van der Waals surface area contributed by atoms with Gasteiger partial charge >= 0.3 is 6.36 Å². The molecule has 22 heavy (non-hydrogen) atoms. The first-order valence-corrected chi connectivity index (χ1v) is 7.08. The van der Waals surface area contributed by atoms with Gasteiger partial charge in [-0.1, -0.05) is 12.1 Å². The predicted octanol–water partition coefficient (Wildman–Crippen LogP) is 3.76. The van der Waals surface area contributed by atoms with E-state index in [0.717, 1.165) is 5.56 Å². The maximum atomic E-state index is 12.1. The molecule has 0 unspecified atom stereocenters. The lowest BCUT2D eigenvalue weighted by molar-refractivity contribution is -0.274. The minimum absolute atomic E-state index is 0.136. The molecule has 0 saturated heterocycles.